The summed E-state index contributed by atoms with van der Waals surface area (Å²) in [5, 5.41) is 0.544. The van der Waals surface area contributed by atoms with E-state index in [4.69, 9.17) is 21.1 Å². The standard InChI is InChI=1S/C19H20ClNO4/c20-11-1-2-15-13(9-11)14(22)10-19(25-15)4-3-12-16(17(12)19)18(23)21-5-7-24-8-6-21/h1-2,9,12,16-17H,3-8,10H2/t12-,16-,17-,19+/m1/s1. The van der Waals surface area contributed by atoms with Crippen molar-refractivity contribution >= 4 is 23.3 Å². The first-order valence-corrected chi connectivity index (χ1v) is 9.35. The second kappa shape index (κ2) is 5.45. The van der Waals surface area contributed by atoms with E-state index in [9.17, 15) is 9.59 Å². The molecular weight excluding hydrogens is 342 g/mol. The summed E-state index contributed by atoms with van der Waals surface area (Å²) >= 11 is 6.01. The molecule has 1 spiro atoms. The SMILES string of the molecule is O=C1C[C@]2(CC[C@@H]3[C@@H](C(=O)N4CCOCC4)[C@@H]32)Oc2ccc(Cl)cc21. The molecule has 2 heterocycles. The molecule has 2 aliphatic carbocycles. The molecule has 1 aromatic carbocycles. The van der Waals surface area contributed by atoms with Crippen LogP contribution in [0.25, 0.3) is 0 Å². The van der Waals surface area contributed by atoms with Crippen LogP contribution in [0.5, 0.6) is 5.75 Å². The van der Waals surface area contributed by atoms with Gasteiger partial charge in [-0.3, -0.25) is 9.59 Å². The maximum atomic E-state index is 12.9. The van der Waals surface area contributed by atoms with Gasteiger partial charge in [0.15, 0.2) is 5.78 Å². The van der Waals surface area contributed by atoms with Gasteiger partial charge in [0.05, 0.1) is 25.2 Å². The van der Waals surface area contributed by atoms with E-state index in [0.29, 0.717) is 55.0 Å². The Labute approximate surface area is 151 Å². The molecule has 5 rings (SSSR count). The predicted molar refractivity (Wildman–Crippen MR) is 90.9 cm³/mol. The fourth-order valence-corrected chi connectivity index (χ4v) is 5.29. The van der Waals surface area contributed by atoms with E-state index in [1.54, 1.807) is 18.2 Å². The number of benzene rings is 1. The van der Waals surface area contributed by atoms with Crippen molar-refractivity contribution in [2.24, 2.45) is 17.8 Å². The molecule has 3 fully saturated rings. The Morgan fingerprint density at radius 3 is 2.88 bits per heavy atom. The molecule has 1 amide bonds. The second-order valence-electron chi connectivity index (χ2n) is 7.60. The minimum Gasteiger partial charge on any atom is -0.486 e. The highest BCUT2D eigenvalue weighted by Gasteiger charge is 2.71. The van der Waals surface area contributed by atoms with Crippen LogP contribution >= 0.6 is 11.6 Å². The molecule has 0 N–H and O–H groups in total. The highest BCUT2D eigenvalue weighted by molar-refractivity contribution is 6.31. The van der Waals surface area contributed by atoms with Gasteiger partial charge in [0.2, 0.25) is 5.91 Å². The quantitative estimate of drug-likeness (QED) is 0.771. The summed E-state index contributed by atoms with van der Waals surface area (Å²) in [6.07, 6.45) is 2.17. The molecule has 0 bridgehead atoms. The van der Waals surface area contributed by atoms with Crippen LogP contribution in [0.2, 0.25) is 5.02 Å². The maximum absolute atomic E-state index is 12.9. The van der Waals surface area contributed by atoms with Gasteiger partial charge in [-0.25, -0.2) is 0 Å². The fourth-order valence-electron chi connectivity index (χ4n) is 5.12. The molecule has 6 heteroatoms. The van der Waals surface area contributed by atoms with E-state index >= 15 is 0 Å². The van der Waals surface area contributed by atoms with Gasteiger partial charge in [0.1, 0.15) is 11.4 Å². The average molecular weight is 362 g/mol. The van der Waals surface area contributed by atoms with Crippen molar-refractivity contribution in [2.75, 3.05) is 26.3 Å². The highest BCUT2D eigenvalue weighted by atomic mass is 35.5. The number of amides is 1. The van der Waals surface area contributed by atoms with Crippen LogP contribution in [0, 0.1) is 17.8 Å². The minimum absolute atomic E-state index is 0.00787. The summed E-state index contributed by atoms with van der Waals surface area (Å²) in [4.78, 5) is 27.5. The lowest BCUT2D eigenvalue weighted by Gasteiger charge is -2.37. The van der Waals surface area contributed by atoms with Gasteiger partial charge in [-0.05, 0) is 37.0 Å². The van der Waals surface area contributed by atoms with E-state index in [1.807, 2.05) is 4.90 Å². The lowest BCUT2D eigenvalue weighted by atomic mass is 9.84. The molecule has 5 nitrogen and oxygen atoms in total. The number of morpholine rings is 1. The Balaban J connectivity index is 1.39. The van der Waals surface area contributed by atoms with Crippen LogP contribution in [0.15, 0.2) is 18.2 Å². The molecular formula is C19H20ClNO4. The van der Waals surface area contributed by atoms with Crippen molar-refractivity contribution in [2.45, 2.75) is 24.9 Å². The summed E-state index contributed by atoms with van der Waals surface area (Å²) in [5.41, 5.74) is 0.0631. The fraction of sp³-hybridized carbons (Fsp3) is 0.579. The smallest absolute Gasteiger partial charge is 0.226 e. The number of Topliss-reactive ketones (excluding diaryl/α,β-unsaturated/α-hetero) is 1. The minimum atomic E-state index is -0.505. The van der Waals surface area contributed by atoms with Crippen molar-refractivity contribution in [3.63, 3.8) is 0 Å². The van der Waals surface area contributed by atoms with Crippen molar-refractivity contribution in [1.82, 2.24) is 4.90 Å². The van der Waals surface area contributed by atoms with Crippen molar-refractivity contribution < 1.29 is 19.1 Å². The Morgan fingerprint density at radius 1 is 1.28 bits per heavy atom. The number of ether oxygens (including phenoxy) is 2. The zero-order valence-electron chi connectivity index (χ0n) is 13.9. The third-order valence-electron chi connectivity index (χ3n) is 6.30. The first kappa shape index (κ1) is 15.6. The van der Waals surface area contributed by atoms with E-state index in [1.165, 1.54) is 0 Å². The highest BCUT2D eigenvalue weighted by Crippen LogP contribution is 2.66. The molecule has 0 aromatic heterocycles. The molecule has 0 unspecified atom stereocenters. The van der Waals surface area contributed by atoms with Crippen LogP contribution < -0.4 is 4.74 Å². The second-order valence-corrected chi connectivity index (χ2v) is 8.04. The monoisotopic (exact) mass is 361 g/mol. The molecule has 4 atom stereocenters. The molecule has 0 radical (unpaired) electrons. The predicted octanol–water partition coefficient (Wildman–Crippen LogP) is 2.56. The first-order chi connectivity index (χ1) is 12.1. The van der Waals surface area contributed by atoms with Crippen LogP contribution in [0.1, 0.15) is 29.6 Å². The third-order valence-corrected chi connectivity index (χ3v) is 6.53. The van der Waals surface area contributed by atoms with Gasteiger partial charge in [0, 0.05) is 29.9 Å². The van der Waals surface area contributed by atoms with Gasteiger partial charge < -0.3 is 14.4 Å². The van der Waals surface area contributed by atoms with E-state index in [-0.39, 0.29) is 23.5 Å². The summed E-state index contributed by atoms with van der Waals surface area (Å²) in [6, 6.07) is 5.22. The zero-order chi connectivity index (χ0) is 17.2. The van der Waals surface area contributed by atoms with Gasteiger partial charge in [0.25, 0.3) is 0 Å². The van der Waals surface area contributed by atoms with E-state index in [0.717, 1.165) is 12.8 Å². The zero-order valence-corrected chi connectivity index (χ0v) is 14.6. The number of fused-ring (bicyclic) bond motifs is 3. The Morgan fingerprint density at radius 2 is 2.08 bits per heavy atom. The average Bonchev–Trinajstić information content (AvgIpc) is 3.27. The third kappa shape index (κ3) is 2.32. The summed E-state index contributed by atoms with van der Waals surface area (Å²) in [6.45, 7) is 2.57. The van der Waals surface area contributed by atoms with Crippen LogP contribution in [0.4, 0.5) is 0 Å². The number of carbonyl (C=O) groups is 2. The molecule has 2 aliphatic heterocycles. The van der Waals surface area contributed by atoms with Crippen molar-refractivity contribution in [3.05, 3.63) is 28.8 Å². The largest absolute Gasteiger partial charge is 0.486 e. The topological polar surface area (TPSA) is 55.8 Å². The number of nitrogens with zero attached hydrogens (tertiary/aromatic N) is 1. The molecule has 1 aromatic rings. The van der Waals surface area contributed by atoms with Gasteiger partial charge in [-0.1, -0.05) is 11.6 Å². The Kier molecular flexibility index (Phi) is 3.41. The number of hydrogen-bond acceptors (Lipinski definition) is 4. The number of carbonyl (C=O) groups excluding carboxylic acids is 2. The first-order valence-electron chi connectivity index (χ1n) is 8.97. The van der Waals surface area contributed by atoms with Gasteiger partial charge in [-0.2, -0.15) is 0 Å². The van der Waals surface area contributed by atoms with Crippen LogP contribution in [-0.4, -0.2) is 48.5 Å². The van der Waals surface area contributed by atoms with Crippen molar-refractivity contribution in [1.29, 1.82) is 0 Å². The van der Waals surface area contributed by atoms with Gasteiger partial charge in [-0.15, -0.1) is 0 Å². The Bertz CT molecular complexity index is 760. The lowest BCUT2D eigenvalue weighted by molar-refractivity contribution is -0.138. The van der Waals surface area contributed by atoms with E-state index < -0.39 is 5.60 Å². The lowest BCUT2D eigenvalue weighted by Crippen LogP contribution is -2.46. The summed E-state index contributed by atoms with van der Waals surface area (Å²) in [5.74, 6) is 1.44. The summed E-state index contributed by atoms with van der Waals surface area (Å²) in [7, 11) is 0. The molecule has 25 heavy (non-hydrogen) atoms. The molecule has 132 valence electrons. The molecule has 1 saturated heterocycles. The summed E-state index contributed by atoms with van der Waals surface area (Å²) < 4.78 is 11.7. The number of halogens is 1. The Hall–Kier alpha value is -1.59. The molecule has 2 saturated carbocycles. The van der Waals surface area contributed by atoms with Crippen LogP contribution in [-0.2, 0) is 9.53 Å². The molecule has 4 aliphatic rings. The normalized spacial score (nSPS) is 36.0. The number of hydrogen-bond donors (Lipinski definition) is 0. The van der Waals surface area contributed by atoms with E-state index in [2.05, 4.69) is 0 Å². The van der Waals surface area contributed by atoms with Crippen LogP contribution in [0.3, 0.4) is 0 Å². The number of ketones is 1. The maximum Gasteiger partial charge on any atom is 0.226 e. The van der Waals surface area contributed by atoms with Crippen molar-refractivity contribution in [3.8, 4) is 5.75 Å². The number of rotatable bonds is 1. The van der Waals surface area contributed by atoms with Gasteiger partial charge >= 0.3 is 0 Å².